The number of furan rings is 1. The fourth-order valence-electron chi connectivity index (χ4n) is 2.25. The van der Waals surface area contributed by atoms with Crippen molar-refractivity contribution >= 4 is 27.7 Å². The third-order valence-corrected chi connectivity index (χ3v) is 4.71. The number of nitrogens with one attached hydrogen (secondary N) is 1. The number of hydrogen-bond donors (Lipinski definition) is 1. The Morgan fingerprint density at radius 3 is 3.05 bits per heavy atom. The smallest absolute Gasteiger partial charge is 0.169 e. The second kappa shape index (κ2) is 5.69. The molecule has 1 aromatic heterocycles. The maximum absolute atomic E-state index is 13.4. The third-order valence-electron chi connectivity index (χ3n) is 3.16. The quantitative estimate of drug-likeness (QED) is 0.889. The van der Waals surface area contributed by atoms with Crippen molar-refractivity contribution in [3.63, 3.8) is 0 Å². The average molecular weight is 342 g/mol. The van der Waals surface area contributed by atoms with Crippen molar-refractivity contribution in [2.45, 2.75) is 23.9 Å². The lowest BCUT2D eigenvalue weighted by molar-refractivity contribution is 0.429. The first-order valence-electron chi connectivity index (χ1n) is 6.12. The molecule has 0 spiro atoms. The molecule has 1 aliphatic rings. The Hall–Kier alpha value is -0.780. The van der Waals surface area contributed by atoms with Gasteiger partial charge in [0.05, 0.1) is 6.54 Å². The van der Waals surface area contributed by atoms with Crippen LogP contribution in [0.3, 0.4) is 0 Å². The van der Waals surface area contributed by atoms with Crippen molar-refractivity contribution in [2.75, 3.05) is 5.75 Å². The SMILES string of the molecule is Fc1ccc2c(c1)C(NCc1ccc(Br)o1)CCS2. The molecule has 0 bridgehead atoms. The Balaban J connectivity index is 1.74. The minimum atomic E-state index is -0.172. The zero-order valence-electron chi connectivity index (χ0n) is 10.2. The molecule has 0 radical (unpaired) electrons. The number of rotatable bonds is 3. The van der Waals surface area contributed by atoms with Crippen LogP contribution in [0.4, 0.5) is 4.39 Å². The molecule has 2 heterocycles. The van der Waals surface area contributed by atoms with E-state index >= 15 is 0 Å². The van der Waals surface area contributed by atoms with E-state index in [1.54, 1.807) is 17.8 Å². The van der Waals surface area contributed by atoms with E-state index in [4.69, 9.17) is 4.42 Å². The van der Waals surface area contributed by atoms with Gasteiger partial charge in [-0.3, -0.25) is 0 Å². The monoisotopic (exact) mass is 341 g/mol. The molecular weight excluding hydrogens is 329 g/mol. The lowest BCUT2D eigenvalue weighted by Gasteiger charge is -2.25. The highest BCUT2D eigenvalue weighted by Crippen LogP contribution is 2.36. The number of hydrogen-bond acceptors (Lipinski definition) is 3. The molecule has 0 aliphatic carbocycles. The summed E-state index contributed by atoms with van der Waals surface area (Å²) in [6.45, 7) is 0.650. The van der Waals surface area contributed by atoms with Crippen molar-refractivity contribution in [3.8, 4) is 0 Å². The van der Waals surface area contributed by atoms with Crippen molar-refractivity contribution in [1.82, 2.24) is 5.32 Å². The zero-order chi connectivity index (χ0) is 13.2. The van der Waals surface area contributed by atoms with E-state index in [0.29, 0.717) is 6.54 Å². The summed E-state index contributed by atoms with van der Waals surface area (Å²) >= 11 is 5.08. The lowest BCUT2D eigenvalue weighted by atomic mass is 10.0. The number of halogens is 2. The molecule has 1 aromatic carbocycles. The highest BCUT2D eigenvalue weighted by Gasteiger charge is 2.21. The normalized spacial score (nSPS) is 18.3. The maximum Gasteiger partial charge on any atom is 0.169 e. The molecule has 0 saturated carbocycles. The minimum absolute atomic E-state index is 0.172. The van der Waals surface area contributed by atoms with Crippen LogP contribution in [0.1, 0.15) is 23.8 Å². The van der Waals surface area contributed by atoms with Crippen LogP contribution < -0.4 is 5.32 Å². The topological polar surface area (TPSA) is 25.2 Å². The summed E-state index contributed by atoms with van der Waals surface area (Å²) in [4.78, 5) is 1.17. The Bertz CT molecular complexity index is 587. The summed E-state index contributed by atoms with van der Waals surface area (Å²) < 4.78 is 19.6. The van der Waals surface area contributed by atoms with Crippen molar-refractivity contribution < 1.29 is 8.81 Å². The van der Waals surface area contributed by atoms with E-state index in [1.165, 1.54) is 11.0 Å². The lowest BCUT2D eigenvalue weighted by Crippen LogP contribution is -2.24. The fraction of sp³-hybridized carbons (Fsp3) is 0.286. The van der Waals surface area contributed by atoms with Gasteiger partial charge in [-0.1, -0.05) is 0 Å². The summed E-state index contributed by atoms with van der Waals surface area (Å²) in [7, 11) is 0. The van der Waals surface area contributed by atoms with Gasteiger partial charge in [-0.05, 0) is 64.0 Å². The van der Waals surface area contributed by atoms with Gasteiger partial charge in [-0.15, -0.1) is 11.8 Å². The molecule has 3 rings (SSSR count). The first-order valence-corrected chi connectivity index (χ1v) is 7.90. The molecule has 0 saturated heterocycles. The van der Waals surface area contributed by atoms with E-state index in [9.17, 15) is 4.39 Å². The number of benzene rings is 1. The van der Waals surface area contributed by atoms with Crippen LogP contribution in [0.15, 0.2) is 44.3 Å². The van der Waals surface area contributed by atoms with Gasteiger partial charge in [0.2, 0.25) is 0 Å². The zero-order valence-corrected chi connectivity index (χ0v) is 12.6. The van der Waals surface area contributed by atoms with Gasteiger partial charge in [-0.25, -0.2) is 4.39 Å². The first-order chi connectivity index (χ1) is 9.22. The highest BCUT2D eigenvalue weighted by molar-refractivity contribution is 9.10. The van der Waals surface area contributed by atoms with Gasteiger partial charge in [0.1, 0.15) is 11.6 Å². The Morgan fingerprint density at radius 2 is 2.26 bits per heavy atom. The van der Waals surface area contributed by atoms with Crippen molar-refractivity contribution in [3.05, 3.63) is 52.1 Å². The molecule has 0 amide bonds. The van der Waals surface area contributed by atoms with Crippen LogP contribution in [-0.4, -0.2) is 5.75 Å². The Morgan fingerprint density at radius 1 is 1.37 bits per heavy atom. The summed E-state index contributed by atoms with van der Waals surface area (Å²) in [6, 6.07) is 9.03. The predicted molar refractivity (Wildman–Crippen MR) is 77.7 cm³/mol. The molecule has 1 aliphatic heterocycles. The van der Waals surface area contributed by atoms with Crippen molar-refractivity contribution in [2.24, 2.45) is 0 Å². The van der Waals surface area contributed by atoms with E-state index in [2.05, 4.69) is 21.2 Å². The van der Waals surface area contributed by atoms with E-state index in [1.807, 2.05) is 18.2 Å². The largest absolute Gasteiger partial charge is 0.453 e. The van der Waals surface area contributed by atoms with Crippen LogP contribution in [0.5, 0.6) is 0 Å². The number of fused-ring (bicyclic) bond motifs is 1. The van der Waals surface area contributed by atoms with Crippen LogP contribution in [0.25, 0.3) is 0 Å². The predicted octanol–water partition coefficient (Wildman–Crippen LogP) is 4.51. The summed E-state index contributed by atoms with van der Waals surface area (Å²) in [5.41, 5.74) is 1.06. The van der Waals surface area contributed by atoms with Gasteiger partial charge in [0.25, 0.3) is 0 Å². The van der Waals surface area contributed by atoms with Gasteiger partial charge in [0.15, 0.2) is 4.67 Å². The summed E-state index contributed by atoms with van der Waals surface area (Å²) in [5, 5.41) is 3.44. The van der Waals surface area contributed by atoms with Crippen LogP contribution >= 0.6 is 27.7 Å². The highest BCUT2D eigenvalue weighted by atomic mass is 79.9. The molecule has 1 unspecified atom stereocenters. The number of thioether (sulfide) groups is 1. The molecule has 5 heteroatoms. The van der Waals surface area contributed by atoms with Gasteiger partial charge in [-0.2, -0.15) is 0 Å². The van der Waals surface area contributed by atoms with E-state index in [0.717, 1.165) is 28.2 Å². The van der Waals surface area contributed by atoms with Crippen LogP contribution in [-0.2, 0) is 6.54 Å². The summed E-state index contributed by atoms with van der Waals surface area (Å²) in [5.74, 6) is 1.76. The third kappa shape index (κ3) is 3.04. The first kappa shape index (κ1) is 13.2. The molecular formula is C14H13BrFNOS. The van der Waals surface area contributed by atoms with Crippen LogP contribution in [0, 0.1) is 5.82 Å². The van der Waals surface area contributed by atoms with Gasteiger partial charge >= 0.3 is 0 Å². The van der Waals surface area contributed by atoms with Crippen LogP contribution in [0.2, 0.25) is 0 Å². The second-order valence-electron chi connectivity index (χ2n) is 4.46. The van der Waals surface area contributed by atoms with Gasteiger partial charge in [0, 0.05) is 10.9 Å². The van der Waals surface area contributed by atoms with Gasteiger partial charge < -0.3 is 9.73 Å². The molecule has 1 atom stereocenters. The molecule has 2 aromatic rings. The van der Waals surface area contributed by atoms with E-state index in [-0.39, 0.29) is 11.9 Å². The standard InChI is InChI=1S/C14H13BrFNOS/c15-14-4-2-10(18-14)8-17-12-5-6-19-13-3-1-9(16)7-11(12)13/h1-4,7,12,17H,5-6,8H2. The molecule has 1 N–H and O–H groups in total. The Kier molecular flexibility index (Phi) is 3.96. The second-order valence-corrected chi connectivity index (χ2v) is 6.38. The average Bonchev–Trinajstić information content (AvgIpc) is 2.82. The fourth-order valence-corrected chi connectivity index (χ4v) is 3.69. The molecule has 19 heavy (non-hydrogen) atoms. The molecule has 2 nitrogen and oxygen atoms in total. The molecule has 100 valence electrons. The van der Waals surface area contributed by atoms with Crippen molar-refractivity contribution in [1.29, 1.82) is 0 Å². The summed E-state index contributed by atoms with van der Waals surface area (Å²) in [6.07, 6.45) is 1.00. The minimum Gasteiger partial charge on any atom is -0.453 e. The maximum atomic E-state index is 13.4. The molecule has 0 fully saturated rings. The Labute approximate surface area is 123 Å². The van der Waals surface area contributed by atoms with E-state index < -0.39 is 0 Å².